The molecule has 0 aliphatic heterocycles. The van der Waals surface area contributed by atoms with Crippen LogP contribution in [0.15, 0.2) is 22.7 Å². The Kier molecular flexibility index (Phi) is 3.40. The summed E-state index contributed by atoms with van der Waals surface area (Å²) in [5.41, 5.74) is 0.404. The molecule has 1 N–H and O–H groups in total. The number of hydrogen-bond acceptors (Lipinski definition) is 2. The minimum atomic E-state index is -0.935. The zero-order chi connectivity index (χ0) is 9.84. The Balaban J connectivity index is 3.00. The molecule has 0 aliphatic rings. The van der Waals surface area contributed by atoms with E-state index in [1.54, 1.807) is 0 Å². The number of rotatable bonds is 2. The van der Waals surface area contributed by atoms with E-state index in [-0.39, 0.29) is 6.42 Å². The normalized spacial score (nSPS) is 12.2. The van der Waals surface area contributed by atoms with E-state index in [4.69, 9.17) is 5.26 Å². The summed E-state index contributed by atoms with van der Waals surface area (Å²) in [5, 5.41) is 17.7. The molecule has 1 rings (SSSR count). The minimum absolute atomic E-state index is 0.0396. The Morgan fingerprint density at radius 2 is 2.31 bits per heavy atom. The van der Waals surface area contributed by atoms with Crippen LogP contribution in [0.4, 0.5) is 4.39 Å². The molecule has 1 aromatic rings. The summed E-state index contributed by atoms with van der Waals surface area (Å²) in [6.45, 7) is 0. The van der Waals surface area contributed by atoms with Crippen molar-refractivity contribution in [3.05, 3.63) is 34.1 Å². The molecule has 1 aromatic carbocycles. The lowest BCUT2D eigenvalue weighted by Gasteiger charge is -2.08. The first-order valence-corrected chi connectivity index (χ1v) is 4.44. The van der Waals surface area contributed by atoms with Crippen LogP contribution in [0, 0.1) is 17.1 Å². The van der Waals surface area contributed by atoms with Crippen LogP contribution < -0.4 is 0 Å². The van der Waals surface area contributed by atoms with Crippen LogP contribution in [0.1, 0.15) is 18.1 Å². The summed E-state index contributed by atoms with van der Waals surface area (Å²) in [5.74, 6) is -0.421. The van der Waals surface area contributed by atoms with Crippen LogP contribution >= 0.6 is 15.9 Å². The van der Waals surface area contributed by atoms with E-state index in [9.17, 15) is 9.50 Å². The van der Waals surface area contributed by atoms with Crippen LogP contribution in [0.3, 0.4) is 0 Å². The summed E-state index contributed by atoms with van der Waals surface area (Å²) < 4.78 is 13.3. The van der Waals surface area contributed by atoms with Gasteiger partial charge in [-0.15, -0.1) is 0 Å². The molecule has 0 aromatic heterocycles. The molecule has 4 heteroatoms. The Bertz CT molecular complexity index is 348. The molecule has 0 saturated heterocycles. The molecule has 13 heavy (non-hydrogen) atoms. The van der Waals surface area contributed by atoms with E-state index < -0.39 is 11.9 Å². The average molecular weight is 244 g/mol. The highest BCUT2D eigenvalue weighted by molar-refractivity contribution is 9.10. The van der Waals surface area contributed by atoms with Gasteiger partial charge in [-0.2, -0.15) is 5.26 Å². The van der Waals surface area contributed by atoms with Gasteiger partial charge in [0.1, 0.15) is 5.82 Å². The monoisotopic (exact) mass is 243 g/mol. The lowest BCUT2D eigenvalue weighted by molar-refractivity contribution is 0.182. The molecule has 1 atom stereocenters. The predicted octanol–water partition coefficient (Wildman–Crippen LogP) is 2.54. The first-order chi connectivity index (χ1) is 6.15. The van der Waals surface area contributed by atoms with Gasteiger partial charge in [0.2, 0.25) is 0 Å². The number of hydrogen-bond donors (Lipinski definition) is 1. The first-order valence-electron chi connectivity index (χ1n) is 3.65. The highest BCUT2D eigenvalue weighted by atomic mass is 79.9. The Morgan fingerprint density at radius 1 is 1.62 bits per heavy atom. The van der Waals surface area contributed by atoms with E-state index in [1.807, 2.05) is 6.07 Å². The fourth-order valence-electron chi connectivity index (χ4n) is 0.966. The van der Waals surface area contributed by atoms with Crippen molar-refractivity contribution in [3.8, 4) is 6.07 Å². The van der Waals surface area contributed by atoms with Gasteiger partial charge in [-0.25, -0.2) is 4.39 Å². The maximum atomic E-state index is 12.7. The molecule has 0 heterocycles. The van der Waals surface area contributed by atoms with Crippen molar-refractivity contribution in [1.82, 2.24) is 0 Å². The predicted molar refractivity (Wildman–Crippen MR) is 49.3 cm³/mol. The second-order valence-corrected chi connectivity index (χ2v) is 3.40. The molecule has 0 radical (unpaired) electrons. The molecule has 0 amide bonds. The minimum Gasteiger partial charge on any atom is -0.387 e. The van der Waals surface area contributed by atoms with Crippen molar-refractivity contribution in [2.24, 2.45) is 0 Å². The fourth-order valence-corrected chi connectivity index (χ4v) is 1.48. The number of nitriles is 1. The SMILES string of the molecule is N#CC[C@H](O)c1cc(F)ccc1Br. The van der Waals surface area contributed by atoms with Gasteiger partial charge in [0.25, 0.3) is 0 Å². The van der Waals surface area contributed by atoms with Crippen molar-refractivity contribution in [2.45, 2.75) is 12.5 Å². The van der Waals surface area contributed by atoms with Crippen LogP contribution in [-0.2, 0) is 0 Å². The Hall–Kier alpha value is -0.920. The maximum Gasteiger partial charge on any atom is 0.123 e. The van der Waals surface area contributed by atoms with E-state index in [0.29, 0.717) is 10.0 Å². The van der Waals surface area contributed by atoms with Gasteiger partial charge in [0.05, 0.1) is 18.6 Å². The molecule has 0 aliphatic carbocycles. The number of benzene rings is 1. The summed E-state index contributed by atoms with van der Waals surface area (Å²) in [6.07, 6.45) is -0.975. The quantitative estimate of drug-likeness (QED) is 0.868. The lowest BCUT2D eigenvalue weighted by atomic mass is 10.1. The van der Waals surface area contributed by atoms with Crippen molar-refractivity contribution in [3.63, 3.8) is 0 Å². The number of aliphatic hydroxyl groups is 1. The van der Waals surface area contributed by atoms with Crippen LogP contribution in [-0.4, -0.2) is 5.11 Å². The first kappa shape index (κ1) is 10.2. The van der Waals surface area contributed by atoms with Crippen molar-refractivity contribution in [2.75, 3.05) is 0 Å². The van der Waals surface area contributed by atoms with Crippen molar-refractivity contribution in [1.29, 1.82) is 5.26 Å². The van der Waals surface area contributed by atoms with Crippen molar-refractivity contribution >= 4 is 15.9 Å². The molecule has 0 bridgehead atoms. The lowest BCUT2D eigenvalue weighted by Crippen LogP contribution is -1.97. The van der Waals surface area contributed by atoms with Gasteiger partial charge < -0.3 is 5.11 Å². The van der Waals surface area contributed by atoms with Gasteiger partial charge in [-0.1, -0.05) is 15.9 Å². The smallest absolute Gasteiger partial charge is 0.123 e. The third kappa shape index (κ3) is 2.51. The zero-order valence-corrected chi connectivity index (χ0v) is 8.25. The maximum absolute atomic E-state index is 12.7. The standard InChI is InChI=1S/C9H7BrFNO/c10-8-2-1-6(11)5-7(8)9(13)3-4-12/h1-2,5,9,13H,3H2/t9-/m0/s1. The molecule has 0 saturated carbocycles. The van der Waals surface area contributed by atoms with E-state index in [1.165, 1.54) is 18.2 Å². The Labute approximate surface area is 83.7 Å². The summed E-state index contributed by atoms with van der Waals surface area (Å²) in [7, 11) is 0. The third-order valence-corrected chi connectivity index (χ3v) is 2.32. The van der Waals surface area contributed by atoms with Crippen LogP contribution in [0.2, 0.25) is 0 Å². The largest absolute Gasteiger partial charge is 0.387 e. The number of aliphatic hydroxyl groups excluding tert-OH is 1. The van der Waals surface area contributed by atoms with Gasteiger partial charge >= 0.3 is 0 Å². The average Bonchev–Trinajstić information content (AvgIpc) is 2.09. The van der Waals surface area contributed by atoms with Crippen molar-refractivity contribution < 1.29 is 9.50 Å². The molecule has 0 unspecified atom stereocenters. The van der Waals surface area contributed by atoms with E-state index in [2.05, 4.69) is 15.9 Å². The van der Waals surface area contributed by atoms with Gasteiger partial charge in [0.15, 0.2) is 0 Å². The van der Waals surface area contributed by atoms with Gasteiger partial charge in [0, 0.05) is 4.47 Å². The summed E-state index contributed by atoms with van der Waals surface area (Å²) in [6, 6.07) is 5.82. The second-order valence-electron chi connectivity index (χ2n) is 2.54. The molecular weight excluding hydrogens is 237 g/mol. The molecule has 68 valence electrons. The highest BCUT2D eigenvalue weighted by Gasteiger charge is 2.11. The molecule has 2 nitrogen and oxygen atoms in total. The van der Waals surface area contributed by atoms with Crippen LogP contribution in [0.5, 0.6) is 0 Å². The summed E-state index contributed by atoms with van der Waals surface area (Å²) >= 11 is 3.16. The fraction of sp³-hybridized carbons (Fsp3) is 0.222. The van der Waals surface area contributed by atoms with Gasteiger partial charge in [-0.05, 0) is 23.8 Å². The second kappa shape index (κ2) is 4.35. The zero-order valence-electron chi connectivity index (χ0n) is 6.67. The molecule has 0 fully saturated rings. The Morgan fingerprint density at radius 3 is 2.92 bits per heavy atom. The van der Waals surface area contributed by atoms with Crippen LogP contribution in [0.25, 0.3) is 0 Å². The summed E-state index contributed by atoms with van der Waals surface area (Å²) in [4.78, 5) is 0. The molecule has 0 spiro atoms. The van der Waals surface area contributed by atoms with E-state index >= 15 is 0 Å². The van der Waals surface area contributed by atoms with E-state index in [0.717, 1.165) is 0 Å². The van der Waals surface area contributed by atoms with Gasteiger partial charge in [-0.3, -0.25) is 0 Å². The molecular formula is C9H7BrFNO. The third-order valence-electron chi connectivity index (χ3n) is 1.60. The number of halogens is 2. The highest BCUT2D eigenvalue weighted by Crippen LogP contribution is 2.25. The topological polar surface area (TPSA) is 44.0 Å². The number of nitrogens with zero attached hydrogens (tertiary/aromatic N) is 1.